The van der Waals surface area contributed by atoms with E-state index < -0.39 is 0 Å². The Kier molecular flexibility index (Phi) is 3.89. The molecular weight excluding hydrogens is 300 g/mol. The lowest BCUT2D eigenvalue weighted by Gasteiger charge is -2.07. The first kappa shape index (κ1) is 14.3. The van der Waals surface area contributed by atoms with Crippen LogP contribution >= 0.6 is 11.6 Å². The number of halogens is 1. The molecule has 22 heavy (non-hydrogen) atoms. The van der Waals surface area contributed by atoms with Crippen LogP contribution in [0.1, 0.15) is 16.1 Å². The number of nitrogens with zero attached hydrogens (tertiary/aromatic N) is 3. The van der Waals surface area contributed by atoms with Gasteiger partial charge < -0.3 is 5.32 Å². The largest absolute Gasteiger partial charge is 0.322 e. The average Bonchev–Trinajstić information content (AvgIpc) is 2.95. The molecule has 1 heterocycles. The molecular formula is C16H13ClN4O. The summed E-state index contributed by atoms with van der Waals surface area (Å²) in [6, 6.07) is 14.1. The second kappa shape index (κ2) is 5.99. The highest BCUT2D eigenvalue weighted by atomic mass is 35.5. The maximum absolute atomic E-state index is 12.1. The fraction of sp³-hybridized carbons (Fsp3) is 0.0625. The summed E-state index contributed by atoms with van der Waals surface area (Å²) in [6.45, 7) is 1.93. The minimum Gasteiger partial charge on any atom is -0.322 e. The Balaban J connectivity index is 1.75. The van der Waals surface area contributed by atoms with Crippen molar-refractivity contribution in [3.05, 3.63) is 71.0 Å². The molecule has 0 aliphatic rings. The minimum atomic E-state index is -0.179. The molecule has 5 nitrogen and oxygen atoms in total. The monoisotopic (exact) mass is 312 g/mol. The van der Waals surface area contributed by atoms with Crippen molar-refractivity contribution in [3.63, 3.8) is 0 Å². The average molecular weight is 313 g/mol. The fourth-order valence-electron chi connectivity index (χ4n) is 2.03. The zero-order valence-corrected chi connectivity index (χ0v) is 12.6. The van der Waals surface area contributed by atoms with Gasteiger partial charge in [0.1, 0.15) is 0 Å². The highest BCUT2D eigenvalue weighted by Gasteiger charge is 2.07. The molecule has 1 aromatic heterocycles. The number of aryl methyl sites for hydroxylation is 1. The van der Waals surface area contributed by atoms with Gasteiger partial charge in [0, 0.05) is 16.3 Å². The molecule has 3 aromatic rings. The van der Waals surface area contributed by atoms with Gasteiger partial charge >= 0.3 is 0 Å². The number of carbonyl (C=O) groups is 1. The molecule has 0 bridgehead atoms. The van der Waals surface area contributed by atoms with Crippen molar-refractivity contribution in [1.29, 1.82) is 0 Å². The van der Waals surface area contributed by atoms with Crippen molar-refractivity contribution < 1.29 is 4.79 Å². The molecule has 0 saturated heterocycles. The van der Waals surface area contributed by atoms with E-state index in [1.807, 2.05) is 31.2 Å². The van der Waals surface area contributed by atoms with Crippen LogP contribution in [-0.2, 0) is 0 Å². The van der Waals surface area contributed by atoms with Crippen molar-refractivity contribution in [2.45, 2.75) is 6.92 Å². The Morgan fingerprint density at radius 1 is 1.09 bits per heavy atom. The highest BCUT2D eigenvalue weighted by molar-refractivity contribution is 6.30. The van der Waals surface area contributed by atoms with E-state index >= 15 is 0 Å². The summed E-state index contributed by atoms with van der Waals surface area (Å²) in [6.07, 6.45) is 1.69. The predicted molar refractivity (Wildman–Crippen MR) is 85.5 cm³/mol. The number of aromatic nitrogens is 3. The number of benzene rings is 2. The number of amides is 1. The lowest BCUT2D eigenvalue weighted by molar-refractivity contribution is 0.102. The van der Waals surface area contributed by atoms with Crippen LogP contribution < -0.4 is 5.32 Å². The highest BCUT2D eigenvalue weighted by Crippen LogP contribution is 2.16. The summed E-state index contributed by atoms with van der Waals surface area (Å²) in [7, 11) is 0. The van der Waals surface area contributed by atoms with Crippen LogP contribution in [0.25, 0.3) is 5.69 Å². The molecule has 3 rings (SSSR count). The van der Waals surface area contributed by atoms with Crippen LogP contribution in [0, 0.1) is 6.92 Å². The number of anilines is 1. The van der Waals surface area contributed by atoms with Gasteiger partial charge in [0.2, 0.25) is 0 Å². The molecule has 0 spiro atoms. The number of nitrogens with one attached hydrogen (secondary N) is 1. The van der Waals surface area contributed by atoms with E-state index in [1.165, 1.54) is 0 Å². The number of hydrogen-bond donors (Lipinski definition) is 1. The summed E-state index contributed by atoms with van der Waals surface area (Å²) in [4.78, 5) is 12.1. The molecule has 110 valence electrons. The second-order valence-electron chi connectivity index (χ2n) is 4.80. The molecule has 1 N–H and O–H groups in total. The van der Waals surface area contributed by atoms with Crippen molar-refractivity contribution >= 4 is 23.2 Å². The van der Waals surface area contributed by atoms with E-state index in [4.69, 9.17) is 11.6 Å². The minimum absolute atomic E-state index is 0.179. The van der Waals surface area contributed by atoms with E-state index in [0.29, 0.717) is 16.3 Å². The molecule has 0 atom stereocenters. The first-order valence-corrected chi connectivity index (χ1v) is 7.06. The van der Waals surface area contributed by atoms with Gasteiger partial charge in [0.25, 0.3) is 5.91 Å². The third-order valence-electron chi connectivity index (χ3n) is 3.20. The molecule has 0 aliphatic carbocycles. The molecule has 6 heteroatoms. The van der Waals surface area contributed by atoms with Crippen molar-refractivity contribution in [2.75, 3.05) is 5.32 Å². The third-order valence-corrected chi connectivity index (χ3v) is 3.45. The van der Waals surface area contributed by atoms with Gasteiger partial charge in [-0.25, -0.2) is 4.68 Å². The SMILES string of the molecule is Cc1cnnn1-c1ccc(NC(=O)c2ccc(Cl)cc2)cc1. The predicted octanol–water partition coefficient (Wildman–Crippen LogP) is 3.48. The van der Waals surface area contributed by atoms with Gasteiger partial charge in [-0.15, -0.1) is 5.10 Å². The first-order chi connectivity index (χ1) is 10.6. The summed E-state index contributed by atoms with van der Waals surface area (Å²) >= 11 is 5.81. The molecule has 0 saturated carbocycles. The maximum atomic E-state index is 12.1. The Hall–Kier alpha value is -2.66. The standard InChI is InChI=1S/C16H13ClN4O/c1-11-10-18-20-21(11)15-8-6-14(7-9-15)19-16(22)12-2-4-13(17)5-3-12/h2-10H,1H3,(H,19,22). The van der Waals surface area contributed by atoms with Crippen LogP contribution in [0.3, 0.4) is 0 Å². The number of carbonyl (C=O) groups excluding carboxylic acids is 1. The van der Waals surface area contributed by atoms with E-state index in [2.05, 4.69) is 15.6 Å². The molecule has 0 fully saturated rings. The van der Waals surface area contributed by atoms with Crippen LogP contribution in [0.5, 0.6) is 0 Å². The van der Waals surface area contributed by atoms with Crippen LogP contribution in [0.2, 0.25) is 5.02 Å². The van der Waals surface area contributed by atoms with E-state index in [9.17, 15) is 4.79 Å². The van der Waals surface area contributed by atoms with Gasteiger partial charge in [-0.3, -0.25) is 4.79 Å². The Morgan fingerprint density at radius 3 is 2.36 bits per heavy atom. The maximum Gasteiger partial charge on any atom is 0.255 e. The topological polar surface area (TPSA) is 59.8 Å². The van der Waals surface area contributed by atoms with Gasteiger partial charge in [-0.2, -0.15) is 0 Å². The molecule has 2 aromatic carbocycles. The number of rotatable bonds is 3. The van der Waals surface area contributed by atoms with Crippen LogP contribution in [0.15, 0.2) is 54.7 Å². The van der Waals surface area contributed by atoms with Gasteiger partial charge in [-0.1, -0.05) is 16.8 Å². The van der Waals surface area contributed by atoms with Gasteiger partial charge in [0.05, 0.1) is 17.6 Å². The van der Waals surface area contributed by atoms with Crippen molar-refractivity contribution in [1.82, 2.24) is 15.0 Å². The lowest BCUT2D eigenvalue weighted by atomic mass is 10.2. The van der Waals surface area contributed by atoms with Gasteiger partial charge in [-0.05, 0) is 55.5 Å². The summed E-state index contributed by atoms with van der Waals surface area (Å²) in [5.74, 6) is -0.179. The second-order valence-corrected chi connectivity index (χ2v) is 5.23. The molecule has 1 amide bonds. The molecule has 0 aliphatic heterocycles. The van der Waals surface area contributed by atoms with E-state index in [1.54, 1.807) is 35.1 Å². The normalized spacial score (nSPS) is 10.5. The smallest absolute Gasteiger partial charge is 0.255 e. The zero-order valence-electron chi connectivity index (χ0n) is 11.8. The quantitative estimate of drug-likeness (QED) is 0.805. The Bertz CT molecular complexity index is 794. The van der Waals surface area contributed by atoms with E-state index in [0.717, 1.165) is 11.4 Å². The lowest BCUT2D eigenvalue weighted by Crippen LogP contribution is -2.11. The van der Waals surface area contributed by atoms with Crippen LogP contribution in [-0.4, -0.2) is 20.9 Å². The Morgan fingerprint density at radius 2 is 1.77 bits per heavy atom. The van der Waals surface area contributed by atoms with Crippen LogP contribution in [0.4, 0.5) is 5.69 Å². The van der Waals surface area contributed by atoms with E-state index in [-0.39, 0.29) is 5.91 Å². The Labute approximate surface area is 132 Å². The van der Waals surface area contributed by atoms with Gasteiger partial charge in [0.15, 0.2) is 0 Å². The first-order valence-electron chi connectivity index (χ1n) is 6.68. The van der Waals surface area contributed by atoms with Crippen molar-refractivity contribution in [2.24, 2.45) is 0 Å². The number of hydrogen-bond acceptors (Lipinski definition) is 3. The third kappa shape index (κ3) is 2.99. The summed E-state index contributed by atoms with van der Waals surface area (Å²) in [5.41, 5.74) is 3.10. The summed E-state index contributed by atoms with van der Waals surface area (Å²) < 4.78 is 1.73. The summed E-state index contributed by atoms with van der Waals surface area (Å²) in [5, 5.41) is 11.3. The fourth-order valence-corrected chi connectivity index (χ4v) is 2.16. The molecule has 0 radical (unpaired) electrons. The van der Waals surface area contributed by atoms with Crippen molar-refractivity contribution in [3.8, 4) is 5.69 Å². The molecule has 0 unspecified atom stereocenters. The zero-order chi connectivity index (χ0) is 15.5.